The van der Waals surface area contributed by atoms with Gasteiger partial charge in [-0.2, -0.15) is 0 Å². The van der Waals surface area contributed by atoms with Gasteiger partial charge in [0.15, 0.2) is 0 Å². The van der Waals surface area contributed by atoms with Crippen molar-refractivity contribution in [2.45, 2.75) is 25.5 Å². The molecule has 0 aromatic heterocycles. The average molecular weight is 255 g/mol. The van der Waals surface area contributed by atoms with Gasteiger partial charge in [-0.25, -0.2) is 0 Å². The Morgan fingerprint density at radius 2 is 2.40 bits per heavy atom. The Hall–Kier alpha value is 0.650. The maximum atomic E-state index is 9.25. The van der Waals surface area contributed by atoms with Crippen LogP contribution < -0.4 is 0 Å². The smallest absolute Gasteiger partial charge is 0.0682 e. The summed E-state index contributed by atoms with van der Waals surface area (Å²) in [6.07, 6.45) is 0.884. The minimum atomic E-state index is -0.0713. The lowest BCUT2D eigenvalue weighted by atomic mass is 10.2. The lowest BCUT2D eigenvalue weighted by Gasteiger charge is -2.18. The third-order valence-corrected chi connectivity index (χ3v) is 2.54. The van der Waals surface area contributed by atoms with Gasteiger partial charge in [-0.05, 0) is 13.3 Å². The van der Waals surface area contributed by atoms with Gasteiger partial charge in [-0.3, -0.25) is 4.90 Å². The lowest BCUT2D eigenvalue weighted by Crippen LogP contribution is -2.29. The van der Waals surface area contributed by atoms with Crippen molar-refractivity contribution in [3.8, 4) is 0 Å². The number of rotatable bonds is 2. The fraction of sp³-hybridized carbons (Fsp3) is 1.00. The fourth-order valence-corrected chi connectivity index (χ4v) is 2.11. The summed E-state index contributed by atoms with van der Waals surface area (Å²) < 4.78 is 1.16. The van der Waals surface area contributed by atoms with E-state index in [4.69, 9.17) is 0 Å². The Labute approximate surface area is 75.7 Å². The molecule has 60 valence electrons. The van der Waals surface area contributed by atoms with Crippen molar-refractivity contribution in [2.24, 2.45) is 0 Å². The van der Waals surface area contributed by atoms with Crippen LogP contribution in [-0.2, 0) is 0 Å². The molecule has 0 aliphatic carbocycles. The molecule has 1 heterocycles. The molecule has 1 aliphatic heterocycles. The summed E-state index contributed by atoms with van der Waals surface area (Å²) >= 11 is 2.37. The summed E-state index contributed by atoms with van der Waals surface area (Å²) in [5.74, 6) is 0. The van der Waals surface area contributed by atoms with Gasteiger partial charge in [0.25, 0.3) is 0 Å². The Bertz CT molecular complexity index is 110. The number of likely N-dealkylation sites (tertiary alicyclic amines) is 1. The Balaban J connectivity index is 2.31. The van der Waals surface area contributed by atoms with Gasteiger partial charge in [0.2, 0.25) is 0 Å². The zero-order valence-electron chi connectivity index (χ0n) is 6.26. The highest BCUT2D eigenvalue weighted by molar-refractivity contribution is 14.1. The van der Waals surface area contributed by atoms with E-state index in [1.165, 1.54) is 0 Å². The minimum absolute atomic E-state index is 0.0713. The van der Waals surface area contributed by atoms with Crippen molar-refractivity contribution < 1.29 is 5.11 Å². The molecular formula is C7H14INO. The fourth-order valence-electron chi connectivity index (χ4n) is 1.49. The number of aliphatic hydroxyl groups is 1. The number of halogens is 1. The molecule has 1 N–H and O–H groups in total. The van der Waals surface area contributed by atoms with Crippen LogP contribution >= 0.6 is 22.6 Å². The summed E-state index contributed by atoms with van der Waals surface area (Å²) in [6.45, 7) is 4.19. The number of aliphatic hydroxyl groups excluding tert-OH is 1. The number of β-amino-alcohol motifs (C(OH)–C–C–N with tert-alkyl or cyclic N) is 1. The van der Waals surface area contributed by atoms with Crippen LogP contribution in [0.15, 0.2) is 0 Å². The molecule has 1 rings (SSSR count). The van der Waals surface area contributed by atoms with E-state index in [9.17, 15) is 5.11 Å². The molecule has 2 nitrogen and oxygen atoms in total. The molecule has 0 radical (unpaired) electrons. The van der Waals surface area contributed by atoms with Crippen molar-refractivity contribution in [3.05, 3.63) is 0 Å². The second-order valence-corrected chi connectivity index (χ2v) is 4.00. The predicted octanol–water partition coefficient (Wildman–Crippen LogP) is 0.877. The van der Waals surface area contributed by atoms with Crippen LogP contribution in [0.3, 0.4) is 0 Å². The van der Waals surface area contributed by atoms with E-state index in [1.54, 1.807) is 0 Å². The SMILES string of the molecule is CC1CC(O)CN1CCI. The highest BCUT2D eigenvalue weighted by Crippen LogP contribution is 2.16. The van der Waals surface area contributed by atoms with Crippen LogP contribution in [0.2, 0.25) is 0 Å². The van der Waals surface area contributed by atoms with E-state index in [2.05, 4.69) is 34.4 Å². The first-order valence-corrected chi connectivity index (χ1v) is 5.24. The van der Waals surface area contributed by atoms with Gasteiger partial charge < -0.3 is 5.11 Å². The van der Waals surface area contributed by atoms with Crippen molar-refractivity contribution in [3.63, 3.8) is 0 Å². The normalized spacial score (nSPS) is 35.1. The van der Waals surface area contributed by atoms with Gasteiger partial charge in [0, 0.05) is 23.6 Å². The van der Waals surface area contributed by atoms with Crippen LogP contribution in [0, 0.1) is 0 Å². The monoisotopic (exact) mass is 255 g/mol. The lowest BCUT2D eigenvalue weighted by molar-refractivity contribution is 0.178. The van der Waals surface area contributed by atoms with E-state index < -0.39 is 0 Å². The van der Waals surface area contributed by atoms with Gasteiger partial charge >= 0.3 is 0 Å². The number of nitrogens with zero attached hydrogens (tertiary/aromatic N) is 1. The molecule has 0 spiro atoms. The van der Waals surface area contributed by atoms with Crippen LogP contribution in [0.4, 0.5) is 0 Å². The molecule has 0 bridgehead atoms. The standard InChI is InChI=1S/C7H14INO/c1-6-4-7(10)5-9(6)3-2-8/h6-7,10H,2-5H2,1H3. The molecule has 0 aromatic rings. The van der Waals surface area contributed by atoms with Gasteiger partial charge in [0.1, 0.15) is 0 Å². The maximum absolute atomic E-state index is 9.25. The molecule has 2 unspecified atom stereocenters. The van der Waals surface area contributed by atoms with Crippen molar-refractivity contribution in [2.75, 3.05) is 17.5 Å². The summed E-state index contributed by atoms with van der Waals surface area (Å²) in [7, 11) is 0. The van der Waals surface area contributed by atoms with Gasteiger partial charge in [0.05, 0.1) is 6.10 Å². The first-order valence-electron chi connectivity index (χ1n) is 3.72. The second kappa shape index (κ2) is 3.88. The zero-order valence-corrected chi connectivity index (χ0v) is 8.41. The third-order valence-electron chi connectivity index (χ3n) is 2.05. The molecule has 2 atom stereocenters. The van der Waals surface area contributed by atoms with Crippen molar-refractivity contribution in [1.82, 2.24) is 4.90 Å². The first kappa shape index (κ1) is 8.74. The Morgan fingerprint density at radius 1 is 1.70 bits per heavy atom. The van der Waals surface area contributed by atoms with Crippen LogP contribution in [-0.4, -0.2) is 39.7 Å². The largest absolute Gasteiger partial charge is 0.392 e. The van der Waals surface area contributed by atoms with E-state index in [1.807, 2.05) is 0 Å². The van der Waals surface area contributed by atoms with Crippen LogP contribution in [0.5, 0.6) is 0 Å². The predicted molar refractivity (Wildman–Crippen MR) is 50.5 cm³/mol. The highest BCUT2D eigenvalue weighted by atomic mass is 127. The van der Waals surface area contributed by atoms with E-state index >= 15 is 0 Å². The molecular weight excluding hydrogens is 241 g/mol. The third kappa shape index (κ3) is 2.07. The summed E-state index contributed by atoms with van der Waals surface area (Å²) in [6, 6.07) is 0.588. The highest BCUT2D eigenvalue weighted by Gasteiger charge is 2.26. The van der Waals surface area contributed by atoms with E-state index in [-0.39, 0.29) is 6.10 Å². The molecule has 1 fully saturated rings. The van der Waals surface area contributed by atoms with E-state index in [0.717, 1.165) is 23.9 Å². The van der Waals surface area contributed by atoms with Crippen LogP contribution in [0.1, 0.15) is 13.3 Å². The molecule has 0 saturated carbocycles. The Morgan fingerprint density at radius 3 is 2.80 bits per heavy atom. The van der Waals surface area contributed by atoms with Gasteiger partial charge in [-0.1, -0.05) is 22.6 Å². The molecule has 1 saturated heterocycles. The van der Waals surface area contributed by atoms with E-state index in [0.29, 0.717) is 6.04 Å². The van der Waals surface area contributed by atoms with Gasteiger partial charge in [-0.15, -0.1) is 0 Å². The van der Waals surface area contributed by atoms with Crippen LogP contribution in [0.25, 0.3) is 0 Å². The molecule has 0 amide bonds. The molecule has 0 aromatic carbocycles. The summed E-state index contributed by atoms with van der Waals surface area (Å²) in [5, 5.41) is 9.25. The summed E-state index contributed by atoms with van der Waals surface area (Å²) in [4.78, 5) is 2.34. The second-order valence-electron chi connectivity index (χ2n) is 2.92. The Kier molecular flexibility index (Phi) is 3.39. The molecule has 3 heteroatoms. The number of hydrogen-bond acceptors (Lipinski definition) is 2. The number of alkyl halides is 1. The summed E-state index contributed by atoms with van der Waals surface area (Å²) in [5.41, 5.74) is 0. The van der Waals surface area contributed by atoms with Crippen molar-refractivity contribution in [1.29, 1.82) is 0 Å². The topological polar surface area (TPSA) is 23.5 Å². The maximum Gasteiger partial charge on any atom is 0.0682 e. The number of hydrogen-bond donors (Lipinski definition) is 1. The first-order chi connectivity index (χ1) is 4.74. The van der Waals surface area contributed by atoms with Crippen molar-refractivity contribution >= 4 is 22.6 Å². The molecule has 1 aliphatic rings. The average Bonchev–Trinajstić information content (AvgIpc) is 2.13. The molecule has 10 heavy (non-hydrogen) atoms. The zero-order chi connectivity index (χ0) is 7.56. The minimum Gasteiger partial charge on any atom is -0.392 e. The quantitative estimate of drug-likeness (QED) is 0.584.